The van der Waals surface area contributed by atoms with Gasteiger partial charge in [0.25, 0.3) is 5.91 Å². The van der Waals surface area contributed by atoms with Gasteiger partial charge in [-0.3, -0.25) is 4.79 Å². The van der Waals surface area contributed by atoms with E-state index in [1.165, 1.54) is 16.4 Å². The summed E-state index contributed by atoms with van der Waals surface area (Å²) in [5.74, 6) is 0.536. The van der Waals surface area contributed by atoms with Crippen LogP contribution < -0.4 is 5.32 Å². The lowest BCUT2D eigenvalue weighted by Crippen LogP contribution is -2.28. The molecule has 0 aliphatic carbocycles. The molecule has 2 aromatic rings. The lowest BCUT2D eigenvalue weighted by atomic mass is 10.2. The second-order valence-electron chi connectivity index (χ2n) is 6.38. The van der Waals surface area contributed by atoms with E-state index in [2.05, 4.69) is 5.32 Å². The van der Waals surface area contributed by atoms with Crippen LogP contribution in [0.1, 0.15) is 35.4 Å². The smallest absolute Gasteiger partial charge is 0.251 e. The van der Waals surface area contributed by atoms with Crippen LogP contribution >= 0.6 is 0 Å². The fourth-order valence-electron chi connectivity index (χ4n) is 2.90. The van der Waals surface area contributed by atoms with Crippen molar-refractivity contribution in [3.8, 4) is 0 Å². The molecular weight excluding hydrogens is 368 g/mol. The Morgan fingerprint density at radius 3 is 2.56 bits per heavy atom. The molecule has 2 heterocycles. The molecule has 1 aromatic carbocycles. The maximum Gasteiger partial charge on any atom is 0.251 e. The fraction of sp³-hybridized carbons (Fsp3) is 0.421. The third-order valence-corrected chi connectivity index (χ3v) is 6.31. The monoisotopic (exact) mass is 392 g/mol. The van der Waals surface area contributed by atoms with Gasteiger partial charge in [-0.2, -0.15) is 4.31 Å². The average molecular weight is 392 g/mol. The van der Waals surface area contributed by atoms with Gasteiger partial charge in [0.15, 0.2) is 0 Å². The van der Waals surface area contributed by atoms with Crippen LogP contribution in [0, 0.1) is 0 Å². The molecule has 0 spiro atoms. The summed E-state index contributed by atoms with van der Waals surface area (Å²) in [6, 6.07) is 9.73. The zero-order valence-corrected chi connectivity index (χ0v) is 15.9. The van der Waals surface area contributed by atoms with Crippen molar-refractivity contribution < 1.29 is 22.4 Å². The van der Waals surface area contributed by atoms with Crippen molar-refractivity contribution >= 4 is 15.9 Å². The second kappa shape index (κ2) is 9.16. The number of rotatable bonds is 9. The number of amides is 1. The number of carbonyl (C=O) groups excluding carboxylic acids is 1. The summed E-state index contributed by atoms with van der Waals surface area (Å²) in [5.41, 5.74) is 0.437. The maximum absolute atomic E-state index is 12.5. The van der Waals surface area contributed by atoms with Gasteiger partial charge >= 0.3 is 0 Å². The molecule has 0 bridgehead atoms. The molecule has 1 fully saturated rings. The van der Waals surface area contributed by atoms with E-state index in [0.717, 1.165) is 18.6 Å². The predicted octanol–water partition coefficient (Wildman–Crippen LogP) is 2.40. The standard InChI is InChI=1S/C19H24N2O5S/c22-19(20-10-4-13-25-15-17-5-3-14-26-17)16-6-8-18(9-7-16)27(23,24)21-11-1-2-12-21/h3,5-9,14H,1-2,4,10-13,15H2,(H,20,22). The van der Waals surface area contributed by atoms with E-state index in [9.17, 15) is 13.2 Å². The molecule has 0 radical (unpaired) electrons. The molecule has 27 heavy (non-hydrogen) atoms. The first-order valence-corrected chi connectivity index (χ1v) is 10.5. The van der Waals surface area contributed by atoms with E-state index in [4.69, 9.17) is 9.15 Å². The van der Waals surface area contributed by atoms with E-state index in [0.29, 0.717) is 44.8 Å². The van der Waals surface area contributed by atoms with Gasteiger partial charge in [0.05, 0.1) is 11.2 Å². The summed E-state index contributed by atoms with van der Waals surface area (Å²) in [7, 11) is -3.45. The van der Waals surface area contributed by atoms with Gasteiger partial charge in [0.2, 0.25) is 10.0 Å². The number of furan rings is 1. The molecule has 0 unspecified atom stereocenters. The maximum atomic E-state index is 12.5. The summed E-state index contributed by atoms with van der Waals surface area (Å²) in [6.07, 6.45) is 4.06. The lowest BCUT2D eigenvalue weighted by Gasteiger charge is -2.15. The average Bonchev–Trinajstić information content (AvgIpc) is 3.38. The van der Waals surface area contributed by atoms with Crippen molar-refractivity contribution in [2.45, 2.75) is 30.8 Å². The Bertz CT molecular complexity index is 825. The van der Waals surface area contributed by atoms with Crippen LogP contribution in [0.4, 0.5) is 0 Å². The lowest BCUT2D eigenvalue weighted by molar-refractivity contribution is 0.0917. The van der Waals surface area contributed by atoms with E-state index in [-0.39, 0.29) is 10.8 Å². The van der Waals surface area contributed by atoms with Crippen molar-refractivity contribution in [3.63, 3.8) is 0 Å². The van der Waals surface area contributed by atoms with Gasteiger partial charge in [0, 0.05) is 31.8 Å². The number of nitrogens with one attached hydrogen (secondary N) is 1. The van der Waals surface area contributed by atoms with Crippen molar-refractivity contribution in [1.29, 1.82) is 0 Å². The molecule has 1 aliphatic heterocycles. The molecule has 7 nitrogen and oxygen atoms in total. The fourth-order valence-corrected chi connectivity index (χ4v) is 4.42. The normalized spacial score (nSPS) is 15.1. The van der Waals surface area contributed by atoms with Crippen LogP contribution in [0.5, 0.6) is 0 Å². The highest BCUT2D eigenvalue weighted by Gasteiger charge is 2.27. The number of benzene rings is 1. The summed E-state index contributed by atoms with van der Waals surface area (Å²) in [4.78, 5) is 12.4. The quantitative estimate of drug-likeness (QED) is 0.662. The topological polar surface area (TPSA) is 88.8 Å². The van der Waals surface area contributed by atoms with Crippen molar-refractivity contribution in [3.05, 3.63) is 54.0 Å². The number of ether oxygens (including phenoxy) is 1. The number of hydrogen-bond donors (Lipinski definition) is 1. The Morgan fingerprint density at radius 1 is 1.15 bits per heavy atom. The third kappa shape index (κ3) is 5.18. The first kappa shape index (κ1) is 19.6. The van der Waals surface area contributed by atoms with E-state index >= 15 is 0 Å². The number of nitrogens with zero attached hydrogens (tertiary/aromatic N) is 1. The van der Waals surface area contributed by atoms with Crippen molar-refractivity contribution in [2.24, 2.45) is 0 Å². The van der Waals surface area contributed by atoms with Crippen LogP contribution in [0.15, 0.2) is 52.0 Å². The molecule has 1 aromatic heterocycles. The summed E-state index contributed by atoms with van der Waals surface area (Å²) in [6.45, 7) is 2.52. The molecule has 146 valence electrons. The molecule has 8 heteroatoms. The summed E-state index contributed by atoms with van der Waals surface area (Å²) < 4.78 is 37.1. The largest absolute Gasteiger partial charge is 0.467 e. The minimum Gasteiger partial charge on any atom is -0.467 e. The van der Waals surface area contributed by atoms with E-state index in [1.54, 1.807) is 24.5 Å². The van der Waals surface area contributed by atoms with Crippen LogP contribution in [0.25, 0.3) is 0 Å². The highest BCUT2D eigenvalue weighted by Crippen LogP contribution is 2.21. The van der Waals surface area contributed by atoms with Crippen LogP contribution in [0.3, 0.4) is 0 Å². The second-order valence-corrected chi connectivity index (χ2v) is 8.31. The Hall–Kier alpha value is -2.16. The molecule has 1 amide bonds. The van der Waals surface area contributed by atoms with Crippen LogP contribution in [-0.4, -0.2) is 44.9 Å². The van der Waals surface area contributed by atoms with Gasteiger partial charge < -0.3 is 14.5 Å². The first-order chi connectivity index (χ1) is 13.1. The molecule has 1 saturated heterocycles. The molecule has 0 atom stereocenters. The van der Waals surface area contributed by atoms with Crippen LogP contribution in [-0.2, 0) is 21.4 Å². The zero-order chi connectivity index (χ0) is 19.1. The Labute approximate surface area is 159 Å². The Kier molecular flexibility index (Phi) is 6.65. The van der Waals surface area contributed by atoms with Gasteiger partial charge in [-0.05, 0) is 55.7 Å². The minimum atomic E-state index is -3.45. The number of hydrogen-bond acceptors (Lipinski definition) is 5. The number of sulfonamides is 1. The third-order valence-electron chi connectivity index (χ3n) is 4.39. The van der Waals surface area contributed by atoms with Gasteiger partial charge in [-0.25, -0.2) is 8.42 Å². The Balaban J connectivity index is 1.42. The summed E-state index contributed by atoms with van der Waals surface area (Å²) >= 11 is 0. The summed E-state index contributed by atoms with van der Waals surface area (Å²) in [5, 5.41) is 2.80. The van der Waals surface area contributed by atoms with Gasteiger partial charge in [-0.1, -0.05) is 0 Å². The van der Waals surface area contributed by atoms with Gasteiger partial charge in [0.1, 0.15) is 12.4 Å². The van der Waals surface area contributed by atoms with Crippen LogP contribution in [0.2, 0.25) is 0 Å². The van der Waals surface area contributed by atoms with E-state index < -0.39 is 10.0 Å². The minimum absolute atomic E-state index is 0.229. The highest BCUT2D eigenvalue weighted by molar-refractivity contribution is 7.89. The van der Waals surface area contributed by atoms with Crippen molar-refractivity contribution in [2.75, 3.05) is 26.2 Å². The molecular formula is C19H24N2O5S. The number of carbonyl (C=O) groups is 1. The first-order valence-electron chi connectivity index (χ1n) is 9.06. The molecule has 1 aliphatic rings. The Morgan fingerprint density at radius 2 is 1.89 bits per heavy atom. The zero-order valence-electron chi connectivity index (χ0n) is 15.1. The van der Waals surface area contributed by atoms with Gasteiger partial charge in [-0.15, -0.1) is 0 Å². The molecule has 3 rings (SSSR count). The predicted molar refractivity (Wildman–Crippen MR) is 99.7 cm³/mol. The molecule has 0 saturated carbocycles. The van der Waals surface area contributed by atoms with Crippen molar-refractivity contribution in [1.82, 2.24) is 9.62 Å². The van der Waals surface area contributed by atoms with E-state index in [1.807, 2.05) is 6.07 Å². The molecule has 1 N–H and O–H groups in total. The highest BCUT2D eigenvalue weighted by atomic mass is 32.2. The SMILES string of the molecule is O=C(NCCCOCc1ccco1)c1ccc(S(=O)(=O)N2CCCC2)cc1.